The third kappa shape index (κ3) is 3.02. The molecule has 3 rings (SSSR count). The number of hydrogen-bond donors (Lipinski definition) is 2. The van der Waals surface area contributed by atoms with Crippen LogP contribution >= 0.6 is 0 Å². The number of aliphatic hydroxyl groups is 1. The Morgan fingerprint density at radius 2 is 1.63 bits per heavy atom. The first-order chi connectivity index (χ1) is 12.7. The van der Waals surface area contributed by atoms with Crippen molar-refractivity contribution in [3.63, 3.8) is 0 Å². The van der Waals surface area contributed by atoms with Crippen LogP contribution < -0.4 is 10.5 Å². The van der Waals surface area contributed by atoms with E-state index < -0.39 is 17.3 Å². The molecule has 27 heavy (non-hydrogen) atoms. The average molecular weight is 377 g/mol. The van der Waals surface area contributed by atoms with Crippen LogP contribution in [0.25, 0.3) is 5.69 Å². The maximum absolute atomic E-state index is 14.1. The van der Waals surface area contributed by atoms with Crippen LogP contribution in [-0.2, 0) is 5.60 Å². The number of para-hydroxylation sites is 1. The molecule has 0 saturated carbocycles. The maximum Gasteiger partial charge on any atom is 0.425 e. The fourth-order valence-corrected chi connectivity index (χ4v) is 3.04. The van der Waals surface area contributed by atoms with E-state index in [4.69, 9.17) is 10.5 Å². The molecule has 8 heteroatoms. The molecule has 3 N–H and O–H groups in total. The number of hydrogen-bond acceptors (Lipinski definition) is 4. The second-order valence-corrected chi connectivity index (χ2v) is 6.03. The van der Waals surface area contributed by atoms with Gasteiger partial charge >= 0.3 is 6.18 Å². The average Bonchev–Trinajstić information content (AvgIpc) is 2.95. The first-order valence-corrected chi connectivity index (χ1v) is 8.04. The van der Waals surface area contributed by atoms with Gasteiger partial charge in [0, 0.05) is 0 Å². The summed E-state index contributed by atoms with van der Waals surface area (Å²) in [5.74, 6) is 0.0855. The molecule has 3 aromatic rings. The molecule has 0 bridgehead atoms. The van der Waals surface area contributed by atoms with Crippen molar-refractivity contribution in [1.82, 2.24) is 9.78 Å². The number of aromatic nitrogens is 2. The summed E-state index contributed by atoms with van der Waals surface area (Å²) in [4.78, 5) is 0. The Hall–Kier alpha value is -3.00. The largest absolute Gasteiger partial charge is 0.497 e. The number of halogens is 3. The predicted octanol–water partition coefficient (Wildman–Crippen LogP) is 3.57. The van der Waals surface area contributed by atoms with Gasteiger partial charge in [-0.05, 0) is 36.8 Å². The first kappa shape index (κ1) is 18.8. The monoisotopic (exact) mass is 377 g/mol. The number of ether oxygens (including phenoxy) is 1. The number of nitrogen functional groups attached to an aromatic ring is 1. The molecule has 0 aliphatic heterocycles. The predicted molar refractivity (Wildman–Crippen MR) is 94.8 cm³/mol. The molecule has 2 aromatic carbocycles. The van der Waals surface area contributed by atoms with Crippen LogP contribution in [0.4, 0.5) is 19.0 Å². The van der Waals surface area contributed by atoms with E-state index in [1.807, 2.05) is 0 Å². The van der Waals surface area contributed by atoms with Crippen molar-refractivity contribution in [2.24, 2.45) is 0 Å². The van der Waals surface area contributed by atoms with E-state index in [0.29, 0.717) is 11.4 Å². The molecule has 142 valence electrons. The molecule has 1 aromatic heterocycles. The molecule has 1 atom stereocenters. The molecule has 0 amide bonds. The minimum atomic E-state index is -5.02. The Kier molecular flexibility index (Phi) is 4.61. The first-order valence-electron chi connectivity index (χ1n) is 8.04. The topological polar surface area (TPSA) is 73.3 Å². The summed E-state index contributed by atoms with van der Waals surface area (Å²) in [5.41, 5.74) is 2.30. The van der Waals surface area contributed by atoms with Crippen molar-refractivity contribution in [3.05, 3.63) is 71.4 Å². The van der Waals surface area contributed by atoms with Crippen LogP contribution in [0.1, 0.15) is 16.8 Å². The highest BCUT2D eigenvalue weighted by Crippen LogP contribution is 2.47. The fraction of sp³-hybridized carbons (Fsp3) is 0.211. The van der Waals surface area contributed by atoms with E-state index >= 15 is 0 Å². The van der Waals surface area contributed by atoms with Gasteiger partial charge in [-0.2, -0.15) is 18.3 Å². The molecule has 0 aliphatic carbocycles. The van der Waals surface area contributed by atoms with Crippen LogP contribution in [0.5, 0.6) is 5.75 Å². The number of alkyl halides is 3. The van der Waals surface area contributed by atoms with E-state index in [1.54, 1.807) is 30.3 Å². The third-order valence-electron chi connectivity index (χ3n) is 4.38. The molecule has 5 nitrogen and oxygen atoms in total. The standard InChI is InChI=1S/C19H18F3N3O2/c1-12-16(17(23)25(24-12)14-6-4-3-5-7-14)18(26,19(20,21)22)13-8-10-15(27-2)11-9-13/h3-11,26H,23H2,1-2H3/t18-/m1/s1. The molecule has 0 aliphatic rings. The van der Waals surface area contributed by atoms with Crippen molar-refractivity contribution < 1.29 is 23.0 Å². The van der Waals surface area contributed by atoms with Crippen LogP contribution in [0.2, 0.25) is 0 Å². The van der Waals surface area contributed by atoms with Crippen LogP contribution in [-0.4, -0.2) is 28.2 Å². The zero-order valence-electron chi connectivity index (χ0n) is 14.7. The summed E-state index contributed by atoms with van der Waals surface area (Å²) in [6.07, 6.45) is -5.02. The van der Waals surface area contributed by atoms with Gasteiger partial charge in [0.25, 0.3) is 0 Å². The van der Waals surface area contributed by atoms with Crippen molar-refractivity contribution in [1.29, 1.82) is 0 Å². The minimum Gasteiger partial charge on any atom is -0.497 e. The van der Waals surface area contributed by atoms with E-state index in [1.165, 1.54) is 30.8 Å². The lowest BCUT2D eigenvalue weighted by Crippen LogP contribution is -2.44. The normalized spacial score (nSPS) is 14.0. The van der Waals surface area contributed by atoms with Crippen molar-refractivity contribution in [2.45, 2.75) is 18.7 Å². The second-order valence-electron chi connectivity index (χ2n) is 6.03. The Labute approximate surface area is 153 Å². The number of rotatable bonds is 4. The molecule has 0 saturated heterocycles. The fourth-order valence-electron chi connectivity index (χ4n) is 3.04. The molecule has 0 unspecified atom stereocenters. The Balaban J connectivity index is 2.24. The molecular formula is C19H18F3N3O2. The van der Waals surface area contributed by atoms with Gasteiger partial charge < -0.3 is 15.6 Å². The number of anilines is 1. The third-order valence-corrected chi connectivity index (χ3v) is 4.38. The lowest BCUT2D eigenvalue weighted by Gasteiger charge is -2.31. The number of aryl methyl sites for hydroxylation is 1. The Morgan fingerprint density at radius 3 is 2.15 bits per heavy atom. The summed E-state index contributed by atoms with van der Waals surface area (Å²) in [6, 6.07) is 13.5. The lowest BCUT2D eigenvalue weighted by atomic mass is 9.85. The highest BCUT2D eigenvalue weighted by atomic mass is 19.4. The lowest BCUT2D eigenvalue weighted by molar-refractivity contribution is -0.248. The van der Waals surface area contributed by atoms with Crippen molar-refractivity contribution in [3.8, 4) is 11.4 Å². The van der Waals surface area contributed by atoms with Gasteiger partial charge in [0.2, 0.25) is 5.60 Å². The van der Waals surface area contributed by atoms with E-state index in [0.717, 1.165) is 12.1 Å². The van der Waals surface area contributed by atoms with Gasteiger partial charge in [0.1, 0.15) is 11.6 Å². The molecule has 0 spiro atoms. The number of methoxy groups -OCH3 is 1. The maximum atomic E-state index is 14.1. The summed E-state index contributed by atoms with van der Waals surface area (Å²) in [5, 5.41) is 15.0. The SMILES string of the molecule is COc1ccc([C@@](O)(c2c(C)nn(-c3ccccc3)c2N)C(F)(F)F)cc1. The van der Waals surface area contributed by atoms with E-state index in [2.05, 4.69) is 5.10 Å². The summed E-state index contributed by atoms with van der Waals surface area (Å²) in [6.45, 7) is 1.38. The van der Waals surface area contributed by atoms with Gasteiger partial charge in [0.15, 0.2) is 0 Å². The molecule has 0 radical (unpaired) electrons. The van der Waals surface area contributed by atoms with Gasteiger partial charge in [-0.3, -0.25) is 0 Å². The van der Waals surface area contributed by atoms with Crippen LogP contribution in [0.3, 0.4) is 0 Å². The van der Waals surface area contributed by atoms with Crippen molar-refractivity contribution >= 4 is 5.82 Å². The highest BCUT2D eigenvalue weighted by Gasteiger charge is 2.59. The molecular weight excluding hydrogens is 359 g/mol. The second kappa shape index (κ2) is 6.62. The number of benzene rings is 2. The van der Waals surface area contributed by atoms with Gasteiger partial charge in [-0.15, -0.1) is 0 Å². The number of nitrogens with two attached hydrogens (primary N) is 1. The Morgan fingerprint density at radius 1 is 1.04 bits per heavy atom. The zero-order valence-corrected chi connectivity index (χ0v) is 14.7. The highest BCUT2D eigenvalue weighted by molar-refractivity contribution is 5.57. The summed E-state index contributed by atoms with van der Waals surface area (Å²) < 4.78 is 48.3. The van der Waals surface area contributed by atoms with Gasteiger partial charge in [0.05, 0.1) is 24.1 Å². The van der Waals surface area contributed by atoms with Crippen LogP contribution in [0.15, 0.2) is 54.6 Å². The zero-order chi connectivity index (χ0) is 19.8. The van der Waals surface area contributed by atoms with Gasteiger partial charge in [-0.25, -0.2) is 4.68 Å². The quantitative estimate of drug-likeness (QED) is 0.729. The van der Waals surface area contributed by atoms with Gasteiger partial charge in [-0.1, -0.05) is 30.3 Å². The minimum absolute atomic E-state index is 0.0213. The van der Waals surface area contributed by atoms with Crippen molar-refractivity contribution in [2.75, 3.05) is 12.8 Å². The summed E-state index contributed by atoms with van der Waals surface area (Å²) in [7, 11) is 1.40. The van der Waals surface area contributed by atoms with E-state index in [-0.39, 0.29) is 17.1 Å². The molecule has 1 heterocycles. The Bertz CT molecular complexity index is 937. The van der Waals surface area contributed by atoms with Crippen LogP contribution in [0, 0.1) is 6.92 Å². The molecule has 0 fully saturated rings. The van der Waals surface area contributed by atoms with E-state index in [9.17, 15) is 18.3 Å². The summed E-state index contributed by atoms with van der Waals surface area (Å²) >= 11 is 0. The smallest absolute Gasteiger partial charge is 0.425 e. The number of nitrogens with zero attached hydrogens (tertiary/aromatic N) is 2.